The molecule has 0 saturated heterocycles. The van der Waals surface area contributed by atoms with Crippen LogP contribution in [0.1, 0.15) is 31.4 Å². The van der Waals surface area contributed by atoms with Crippen LogP contribution >= 0.6 is 0 Å². The second kappa shape index (κ2) is 8.97. The fraction of sp³-hybridized carbons (Fsp3) is 0.688. The van der Waals surface area contributed by atoms with Gasteiger partial charge in [0.05, 0.1) is 24.6 Å². The van der Waals surface area contributed by atoms with Gasteiger partial charge in [-0.2, -0.15) is 0 Å². The van der Waals surface area contributed by atoms with E-state index in [4.69, 9.17) is 14.2 Å². The zero-order valence-electron chi connectivity index (χ0n) is 13.0. The van der Waals surface area contributed by atoms with E-state index >= 15 is 0 Å². The summed E-state index contributed by atoms with van der Waals surface area (Å²) in [6.07, 6.45) is 6.76. The van der Waals surface area contributed by atoms with Gasteiger partial charge in [0.2, 0.25) is 0 Å². The molecule has 1 aromatic heterocycles. The summed E-state index contributed by atoms with van der Waals surface area (Å²) in [5.74, 6) is 0.845. The average Bonchev–Trinajstić information content (AvgIpc) is 2.53. The maximum absolute atomic E-state index is 6.00. The van der Waals surface area contributed by atoms with Crippen molar-refractivity contribution in [2.75, 3.05) is 27.4 Å². The predicted octanol–water partition coefficient (Wildman–Crippen LogP) is 2.15. The fourth-order valence-corrected chi connectivity index (χ4v) is 2.59. The summed E-state index contributed by atoms with van der Waals surface area (Å²) in [7, 11) is 3.48. The van der Waals surface area contributed by atoms with Crippen LogP contribution in [0.3, 0.4) is 0 Å². The lowest BCUT2D eigenvalue weighted by atomic mass is 9.95. The van der Waals surface area contributed by atoms with Crippen molar-refractivity contribution in [2.24, 2.45) is 0 Å². The zero-order chi connectivity index (χ0) is 14.9. The zero-order valence-corrected chi connectivity index (χ0v) is 13.0. The highest BCUT2D eigenvalue weighted by molar-refractivity contribution is 5.20. The standard InChI is InChI=1S/C16H26N2O3/c1-19-9-8-17-11-13-6-7-16(12-18-13)21-15-5-3-4-14(10-15)20-2/h6-7,12,14-15,17H,3-5,8-11H2,1-2H3. The van der Waals surface area contributed by atoms with Gasteiger partial charge in [-0.05, 0) is 31.4 Å². The Kier molecular flexibility index (Phi) is 6.92. The van der Waals surface area contributed by atoms with E-state index in [1.165, 1.54) is 0 Å². The van der Waals surface area contributed by atoms with E-state index in [2.05, 4.69) is 10.3 Å². The van der Waals surface area contributed by atoms with Crippen molar-refractivity contribution in [2.45, 2.75) is 44.4 Å². The number of nitrogens with zero attached hydrogens (tertiary/aromatic N) is 1. The Morgan fingerprint density at radius 2 is 2.10 bits per heavy atom. The molecular formula is C16H26N2O3. The molecule has 2 atom stereocenters. The van der Waals surface area contributed by atoms with Crippen LogP contribution in [0.5, 0.6) is 5.75 Å². The Balaban J connectivity index is 1.76. The smallest absolute Gasteiger partial charge is 0.138 e. The van der Waals surface area contributed by atoms with Crippen LogP contribution in [0.15, 0.2) is 18.3 Å². The minimum Gasteiger partial charge on any atom is -0.489 e. The Hall–Kier alpha value is -1.17. The van der Waals surface area contributed by atoms with Gasteiger partial charge in [-0.15, -0.1) is 0 Å². The van der Waals surface area contributed by atoms with E-state index in [-0.39, 0.29) is 6.10 Å². The highest BCUT2D eigenvalue weighted by Gasteiger charge is 2.23. The Morgan fingerprint density at radius 3 is 2.81 bits per heavy atom. The van der Waals surface area contributed by atoms with Crippen LogP contribution in [0.4, 0.5) is 0 Å². The van der Waals surface area contributed by atoms with Crippen molar-refractivity contribution in [1.29, 1.82) is 0 Å². The van der Waals surface area contributed by atoms with E-state index in [0.29, 0.717) is 12.7 Å². The Morgan fingerprint density at radius 1 is 1.24 bits per heavy atom. The first-order valence-electron chi connectivity index (χ1n) is 7.66. The molecule has 0 amide bonds. The second-order valence-electron chi connectivity index (χ2n) is 5.42. The topological polar surface area (TPSA) is 52.6 Å². The first-order chi connectivity index (χ1) is 10.3. The maximum atomic E-state index is 6.00. The molecule has 1 saturated carbocycles. The second-order valence-corrected chi connectivity index (χ2v) is 5.42. The normalized spacial score (nSPS) is 22.2. The molecular weight excluding hydrogens is 268 g/mol. The minimum absolute atomic E-state index is 0.246. The quantitative estimate of drug-likeness (QED) is 0.745. The van der Waals surface area contributed by atoms with E-state index in [1.807, 2.05) is 18.3 Å². The molecule has 0 aliphatic heterocycles. The molecule has 0 radical (unpaired) electrons. The first kappa shape index (κ1) is 16.2. The van der Waals surface area contributed by atoms with Crippen LogP contribution in [0.25, 0.3) is 0 Å². The minimum atomic E-state index is 0.246. The number of rotatable bonds is 8. The number of ether oxygens (including phenoxy) is 3. The van der Waals surface area contributed by atoms with E-state index in [1.54, 1.807) is 14.2 Å². The first-order valence-corrected chi connectivity index (χ1v) is 7.66. The van der Waals surface area contributed by atoms with Gasteiger partial charge in [0, 0.05) is 33.7 Å². The Labute approximate surface area is 127 Å². The highest BCUT2D eigenvalue weighted by atomic mass is 16.5. The van der Waals surface area contributed by atoms with Gasteiger partial charge in [0.25, 0.3) is 0 Å². The van der Waals surface area contributed by atoms with Crippen LogP contribution in [0.2, 0.25) is 0 Å². The molecule has 0 bridgehead atoms. The molecule has 1 fully saturated rings. The summed E-state index contributed by atoms with van der Waals surface area (Å²) >= 11 is 0. The van der Waals surface area contributed by atoms with Crippen LogP contribution in [0, 0.1) is 0 Å². The van der Waals surface area contributed by atoms with Gasteiger partial charge in [0.15, 0.2) is 0 Å². The van der Waals surface area contributed by atoms with Crippen LogP contribution < -0.4 is 10.1 Å². The molecule has 1 heterocycles. The van der Waals surface area contributed by atoms with Crippen molar-refractivity contribution >= 4 is 0 Å². The monoisotopic (exact) mass is 294 g/mol. The number of nitrogens with one attached hydrogen (secondary N) is 1. The van der Waals surface area contributed by atoms with Gasteiger partial charge in [-0.3, -0.25) is 4.98 Å². The third-order valence-electron chi connectivity index (χ3n) is 3.80. The molecule has 21 heavy (non-hydrogen) atoms. The molecule has 0 aromatic carbocycles. The van der Waals surface area contributed by atoms with Crippen molar-refractivity contribution < 1.29 is 14.2 Å². The number of pyridine rings is 1. The van der Waals surface area contributed by atoms with E-state index < -0.39 is 0 Å². The Bertz CT molecular complexity index is 397. The molecule has 1 aromatic rings. The molecule has 1 aliphatic carbocycles. The fourth-order valence-electron chi connectivity index (χ4n) is 2.59. The molecule has 2 unspecified atom stereocenters. The summed E-state index contributed by atoms with van der Waals surface area (Å²) in [5.41, 5.74) is 1.01. The summed E-state index contributed by atoms with van der Waals surface area (Å²) in [5, 5.41) is 3.27. The lowest BCUT2D eigenvalue weighted by Crippen LogP contribution is -2.29. The summed E-state index contributed by atoms with van der Waals surface area (Å²) in [6, 6.07) is 4.00. The number of hydrogen-bond donors (Lipinski definition) is 1. The number of hydrogen-bond acceptors (Lipinski definition) is 5. The third-order valence-corrected chi connectivity index (χ3v) is 3.80. The highest BCUT2D eigenvalue weighted by Crippen LogP contribution is 2.24. The molecule has 0 spiro atoms. The molecule has 2 rings (SSSR count). The van der Waals surface area contributed by atoms with E-state index in [0.717, 1.165) is 50.2 Å². The van der Waals surface area contributed by atoms with Gasteiger partial charge in [-0.1, -0.05) is 0 Å². The maximum Gasteiger partial charge on any atom is 0.138 e. The van der Waals surface area contributed by atoms with Crippen LogP contribution in [-0.2, 0) is 16.0 Å². The predicted molar refractivity (Wildman–Crippen MR) is 81.5 cm³/mol. The lowest BCUT2D eigenvalue weighted by molar-refractivity contribution is 0.0208. The largest absolute Gasteiger partial charge is 0.489 e. The summed E-state index contributed by atoms with van der Waals surface area (Å²) in [6.45, 7) is 2.29. The number of aromatic nitrogens is 1. The lowest BCUT2D eigenvalue weighted by Gasteiger charge is -2.28. The van der Waals surface area contributed by atoms with Gasteiger partial charge >= 0.3 is 0 Å². The van der Waals surface area contributed by atoms with Crippen molar-refractivity contribution in [3.05, 3.63) is 24.0 Å². The molecule has 118 valence electrons. The molecule has 5 heteroatoms. The number of methoxy groups -OCH3 is 2. The summed E-state index contributed by atoms with van der Waals surface area (Å²) in [4.78, 5) is 4.42. The van der Waals surface area contributed by atoms with Crippen molar-refractivity contribution in [3.8, 4) is 5.75 Å². The van der Waals surface area contributed by atoms with Gasteiger partial charge in [0.1, 0.15) is 11.9 Å². The van der Waals surface area contributed by atoms with E-state index in [9.17, 15) is 0 Å². The molecule has 1 aliphatic rings. The van der Waals surface area contributed by atoms with Gasteiger partial charge in [-0.25, -0.2) is 0 Å². The average molecular weight is 294 g/mol. The van der Waals surface area contributed by atoms with Crippen LogP contribution in [-0.4, -0.2) is 44.6 Å². The molecule has 1 N–H and O–H groups in total. The van der Waals surface area contributed by atoms with Crippen molar-refractivity contribution in [1.82, 2.24) is 10.3 Å². The van der Waals surface area contributed by atoms with Gasteiger partial charge < -0.3 is 19.5 Å². The third kappa shape index (κ3) is 5.61. The summed E-state index contributed by atoms with van der Waals surface area (Å²) < 4.78 is 16.4. The SMILES string of the molecule is COCCNCc1ccc(OC2CCCC(OC)C2)cn1. The van der Waals surface area contributed by atoms with Crippen molar-refractivity contribution in [3.63, 3.8) is 0 Å². The molecule has 5 nitrogen and oxygen atoms in total.